The molecular weight excluding hydrogens is 136 g/mol. The maximum Gasteiger partial charge on any atom is 0.0487 e. The Morgan fingerprint density at radius 2 is 1.91 bits per heavy atom. The minimum absolute atomic E-state index is 0.156. The standard InChI is InChI=1S/C10H22O/c1-5-7-10(4,8-11)9(3)6-2/h9,11H,5-8H2,1-4H3. The molecule has 0 aliphatic carbocycles. The second-order valence-corrected chi connectivity index (χ2v) is 3.87. The van der Waals surface area contributed by atoms with Crippen LogP contribution in [0.4, 0.5) is 0 Å². The molecule has 0 aliphatic rings. The lowest BCUT2D eigenvalue weighted by molar-refractivity contribution is 0.0744. The van der Waals surface area contributed by atoms with Gasteiger partial charge in [0.2, 0.25) is 0 Å². The fourth-order valence-electron chi connectivity index (χ4n) is 1.55. The van der Waals surface area contributed by atoms with Gasteiger partial charge in [-0.3, -0.25) is 0 Å². The van der Waals surface area contributed by atoms with Gasteiger partial charge in [-0.15, -0.1) is 0 Å². The molecule has 0 aliphatic heterocycles. The summed E-state index contributed by atoms with van der Waals surface area (Å²) < 4.78 is 0. The maximum atomic E-state index is 9.22. The third kappa shape index (κ3) is 2.82. The molecule has 1 nitrogen and oxygen atoms in total. The molecule has 2 atom stereocenters. The molecule has 68 valence electrons. The molecule has 0 heterocycles. The molecule has 0 spiro atoms. The molecule has 1 N–H and O–H groups in total. The average molecular weight is 158 g/mol. The summed E-state index contributed by atoms with van der Waals surface area (Å²) in [5.74, 6) is 0.632. The van der Waals surface area contributed by atoms with E-state index in [1.54, 1.807) is 0 Å². The number of hydrogen-bond acceptors (Lipinski definition) is 1. The first-order valence-corrected chi connectivity index (χ1v) is 4.71. The molecule has 0 saturated carbocycles. The van der Waals surface area contributed by atoms with Gasteiger partial charge < -0.3 is 5.11 Å². The Bertz CT molecular complexity index is 101. The number of aliphatic hydroxyl groups is 1. The van der Waals surface area contributed by atoms with Gasteiger partial charge in [0.05, 0.1) is 0 Å². The van der Waals surface area contributed by atoms with Crippen LogP contribution in [0.5, 0.6) is 0 Å². The molecule has 11 heavy (non-hydrogen) atoms. The highest BCUT2D eigenvalue weighted by atomic mass is 16.3. The highest BCUT2D eigenvalue weighted by Gasteiger charge is 2.27. The second kappa shape index (κ2) is 4.76. The molecule has 0 fully saturated rings. The summed E-state index contributed by atoms with van der Waals surface area (Å²) in [7, 11) is 0. The molecule has 2 unspecified atom stereocenters. The predicted molar refractivity (Wildman–Crippen MR) is 49.6 cm³/mol. The molecule has 0 saturated heterocycles. The number of hydrogen-bond donors (Lipinski definition) is 1. The van der Waals surface area contributed by atoms with Crippen molar-refractivity contribution < 1.29 is 5.11 Å². The van der Waals surface area contributed by atoms with Crippen LogP contribution in [0, 0.1) is 11.3 Å². The Labute approximate surface area is 70.8 Å². The van der Waals surface area contributed by atoms with Gasteiger partial charge in [-0.1, -0.05) is 40.5 Å². The van der Waals surface area contributed by atoms with E-state index >= 15 is 0 Å². The third-order valence-electron chi connectivity index (χ3n) is 2.98. The minimum atomic E-state index is 0.156. The first-order chi connectivity index (χ1) is 5.10. The zero-order valence-corrected chi connectivity index (χ0v) is 8.35. The van der Waals surface area contributed by atoms with Gasteiger partial charge in [0, 0.05) is 6.61 Å². The van der Waals surface area contributed by atoms with E-state index in [0.29, 0.717) is 12.5 Å². The molecule has 0 radical (unpaired) electrons. The van der Waals surface area contributed by atoms with Crippen molar-refractivity contribution in [2.75, 3.05) is 6.61 Å². The normalized spacial score (nSPS) is 19.4. The van der Waals surface area contributed by atoms with Gasteiger partial charge in [0.1, 0.15) is 0 Å². The lowest BCUT2D eigenvalue weighted by Crippen LogP contribution is -2.28. The fraction of sp³-hybridized carbons (Fsp3) is 1.00. The average Bonchev–Trinajstić information content (AvgIpc) is 2.03. The van der Waals surface area contributed by atoms with Crippen LogP contribution in [-0.2, 0) is 0 Å². The summed E-state index contributed by atoms with van der Waals surface area (Å²) in [6.45, 7) is 9.11. The predicted octanol–water partition coefficient (Wildman–Crippen LogP) is 2.83. The smallest absolute Gasteiger partial charge is 0.0487 e. The lowest BCUT2D eigenvalue weighted by atomic mass is 9.74. The molecule has 0 bridgehead atoms. The van der Waals surface area contributed by atoms with Crippen LogP contribution in [0.15, 0.2) is 0 Å². The van der Waals surface area contributed by atoms with E-state index in [1.807, 2.05) is 0 Å². The van der Waals surface area contributed by atoms with Crippen LogP contribution in [0.2, 0.25) is 0 Å². The molecular formula is C10H22O. The molecule has 0 aromatic rings. The highest BCUT2D eigenvalue weighted by molar-refractivity contribution is 4.77. The van der Waals surface area contributed by atoms with E-state index in [0.717, 1.165) is 12.8 Å². The van der Waals surface area contributed by atoms with Crippen LogP contribution < -0.4 is 0 Å². The van der Waals surface area contributed by atoms with E-state index in [1.165, 1.54) is 6.42 Å². The quantitative estimate of drug-likeness (QED) is 0.652. The summed E-state index contributed by atoms with van der Waals surface area (Å²) in [4.78, 5) is 0. The zero-order valence-electron chi connectivity index (χ0n) is 8.35. The van der Waals surface area contributed by atoms with Crippen LogP contribution in [-0.4, -0.2) is 11.7 Å². The minimum Gasteiger partial charge on any atom is -0.396 e. The van der Waals surface area contributed by atoms with Crippen LogP contribution >= 0.6 is 0 Å². The molecule has 0 aromatic carbocycles. The van der Waals surface area contributed by atoms with E-state index in [-0.39, 0.29) is 5.41 Å². The van der Waals surface area contributed by atoms with Gasteiger partial charge in [0.15, 0.2) is 0 Å². The Morgan fingerprint density at radius 3 is 2.18 bits per heavy atom. The monoisotopic (exact) mass is 158 g/mol. The molecule has 0 amide bonds. The Morgan fingerprint density at radius 1 is 1.36 bits per heavy atom. The van der Waals surface area contributed by atoms with Crippen molar-refractivity contribution in [3.05, 3.63) is 0 Å². The number of aliphatic hydroxyl groups excluding tert-OH is 1. The number of rotatable bonds is 5. The van der Waals surface area contributed by atoms with Crippen molar-refractivity contribution in [1.29, 1.82) is 0 Å². The summed E-state index contributed by atoms with van der Waals surface area (Å²) in [6.07, 6.45) is 3.47. The van der Waals surface area contributed by atoms with Crippen molar-refractivity contribution in [2.24, 2.45) is 11.3 Å². The Hall–Kier alpha value is -0.0400. The van der Waals surface area contributed by atoms with Gasteiger partial charge >= 0.3 is 0 Å². The van der Waals surface area contributed by atoms with E-state index < -0.39 is 0 Å². The summed E-state index contributed by atoms with van der Waals surface area (Å²) >= 11 is 0. The van der Waals surface area contributed by atoms with Gasteiger partial charge in [0.25, 0.3) is 0 Å². The van der Waals surface area contributed by atoms with Crippen LogP contribution in [0.3, 0.4) is 0 Å². The molecule has 0 rings (SSSR count). The van der Waals surface area contributed by atoms with Gasteiger partial charge in [-0.25, -0.2) is 0 Å². The van der Waals surface area contributed by atoms with Crippen LogP contribution in [0.25, 0.3) is 0 Å². The Balaban J connectivity index is 4.07. The van der Waals surface area contributed by atoms with Crippen molar-refractivity contribution in [3.8, 4) is 0 Å². The van der Waals surface area contributed by atoms with Crippen LogP contribution in [0.1, 0.15) is 47.0 Å². The third-order valence-corrected chi connectivity index (χ3v) is 2.98. The fourth-order valence-corrected chi connectivity index (χ4v) is 1.55. The zero-order chi connectivity index (χ0) is 8.91. The molecule has 0 aromatic heterocycles. The van der Waals surface area contributed by atoms with Crippen molar-refractivity contribution in [3.63, 3.8) is 0 Å². The maximum absolute atomic E-state index is 9.22. The first kappa shape index (κ1) is 11.0. The topological polar surface area (TPSA) is 20.2 Å². The first-order valence-electron chi connectivity index (χ1n) is 4.71. The van der Waals surface area contributed by atoms with Crippen molar-refractivity contribution >= 4 is 0 Å². The van der Waals surface area contributed by atoms with E-state index in [2.05, 4.69) is 27.7 Å². The molecule has 1 heteroatoms. The highest BCUT2D eigenvalue weighted by Crippen LogP contribution is 2.33. The SMILES string of the molecule is CCCC(C)(CO)C(C)CC. The van der Waals surface area contributed by atoms with Crippen molar-refractivity contribution in [2.45, 2.75) is 47.0 Å². The summed E-state index contributed by atoms with van der Waals surface area (Å²) in [5.41, 5.74) is 0.156. The summed E-state index contributed by atoms with van der Waals surface area (Å²) in [5, 5.41) is 9.22. The van der Waals surface area contributed by atoms with Crippen molar-refractivity contribution in [1.82, 2.24) is 0 Å². The largest absolute Gasteiger partial charge is 0.396 e. The van der Waals surface area contributed by atoms with Gasteiger partial charge in [-0.2, -0.15) is 0 Å². The second-order valence-electron chi connectivity index (χ2n) is 3.87. The van der Waals surface area contributed by atoms with E-state index in [4.69, 9.17) is 0 Å². The Kier molecular flexibility index (Phi) is 4.74. The lowest BCUT2D eigenvalue weighted by Gasteiger charge is -2.33. The van der Waals surface area contributed by atoms with E-state index in [9.17, 15) is 5.11 Å². The van der Waals surface area contributed by atoms with Gasteiger partial charge in [-0.05, 0) is 17.8 Å². The summed E-state index contributed by atoms with van der Waals surface area (Å²) in [6, 6.07) is 0.